The minimum atomic E-state index is -2.67. The zero-order valence-electron chi connectivity index (χ0n) is 18.1. The van der Waals surface area contributed by atoms with Crippen LogP contribution in [0.3, 0.4) is 0 Å². The number of nitrogens with zero attached hydrogens (tertiary/aromatic N) is 1. The fourth-order valence-electron chi connectivity index (χ4n) is 5.61. The van der Waals surface area contributed by atoms with E-state index >= 15 is 0 Å². The molecule has 0 aromatic heterocycles. The van der Waals surface area contributed by atoms with Crippen LogP contribution < -0.4 is 0 Å². The summed E-state index contributed by atoms with van der Waals surface area (Å²) < 4.78 is 0. The molecule has 3 aliphatic rings. The predicted molar refractivity (Wildman–Crippen MR) is 111 cm³/mol. The summed E-state index contributed by atoms with van der Waals surface area (Å²) in [6.07, 6.45) is -0.159. The molecule has 0 aliphatic heterocycles. The molecule has 5 atom stereocenters. The van der Waals surface area contributed by atoms with Crippen molar-refractivity contribution in [3.05, 3.63) is 52.0 Å². The van der Waals surface area contributed by atoms with Crippen LogP contribution in [0.25, 0.3) is 0 Å². The Bertz CT molecular complexity index is 1140. The predicted octanol–water partition coefficient (Wildman–Crippen LogP) is 0.889. The van der Waals surface area contributed by atoms with Gasteiger partial charge in [-0.05, 0) is 46.0 Å². The van der Waals surface area contributed by atoms with Crippen molar-refractivity contribution in [1.82, 2.24) is 4.90 Å². The number of phenols is 1. The number of carbonyl (C=O) groups is 3. The number of benzene rings is 1. The second-order valence-corrected chi connectivity index (χ2v) is 9.15. The molecule has 0 radical (unpaired) electrons. The third-order valence-electron chi connectivity index (χ3n) is 7.13. The molecule has 5 N–H and O–H groups in total. The summed E-state index contributed by atoms with van der Waals surface area (Å²) in [6, 6.07) is 3.18. The van der Waals surface area contributed by atoms with E-state index in [-0.39, 0.29) is 17.5 Å². The second kappa shape index (κ2) is 6.74. The van der Waals surface area contributed by atoms with Gasteiger partial charge in [-0.25, -0.2) is 0 Å². The van der Waals surface area contributed by atoms with E-state index in [0.717, 1.165) is 6.92 Å². The van der Waals surface area contributed by atoms with Gasteiger partial charge >= 0.3 is 0 Å². The molecule has 170 valence electrons. The van der Waals surface area contributed by atoms with Crippen molar-refractivity contribution in [3.63, 3.8) is 0 Å². The van der Waals surface area contributed by atoms with Crippen LogP contribution in [0.5, 0.6) is 5.75 Å². The number of aliphatic hydroxyl groups excluding tert-OH is 2. The van der Waals surface area contributed by atoms with E-state index < -0.39 is 74.8 Å². The first-order valence-electron chi connectivity index (χ1n) is 10.2. The number of aromatic hydroxyl groups is 1. The van der Waals surface area contributed by atoms with Crippen molar-refractivity contribution in [2.75, 3.05) is 14.1 Å². The van der Waals surface area contributed by atoms with E-state index in [2.05, 4.69) is 0 Å². The Kier molecular flexibility index (Phi) is 4.68. The third-order valence-corrected chi connectivity index (χ3v) is 7.13. The van der Waals surface area contributed by atoms with E-state index in [1.807, 2.05) is 0 Å². The molecule has 0 saturated heterocycles. The van der Waals surface area contributed by atoms with Crippen LogP contribution in [-0.4, -0.2) is 73.5 Å². The molecule has 2 unspecified atom stereocenters. The highest BCUT2D eigenvalue weighted by Crippen LogP contribution is 2.56. The van der Waals surface area contributed by atoms with Crippen molar-refractivity contribution in [2.45, 2.75) is 37.5 Å². The van der Waals surface area contributed by atoms with Gasteiger partial charge in [-0.3, -0.25) is 19.3 Å². The van der Waals surface area contributed by atoms with Gasteiger partial charge in [0, 0.05) is 17.4 Å². The van der Waals surface area contributed by atoms with Gasteiger partial charge in [-0.15, -0.1) is 0 Å². The Hall–Kier alpha value is -3.01. The number of phenolic OH excluding ortho intramolecular Hbond substituents is 1. The molecule has 3 aliphatic carbocycles. The highest BCUT2D eigenvalue weighted by atomic mass is 16.3. The maximum Gasteiger partial charge on any atom is 0.209 e. The summed E-state index contributed by atoms with van der Waals surface area (Å²) in [7, 11) is 3.14. The molecule has 0 spiro atoms. The molecule has 0 saturated carbocycles. The van der Waals surface area contributed by atoms with E-state index in [4.69, 9.17) is 0 Å². The molecule has 1 aromatic rings. The lowest BCUT2D eigenvalue weighted by Gasteiger charge is -2.52. The van der Waals surface area contributed by atoms with Crippen molar-refractivity contribution in [1.29, 1.82) is 0 Å². The van der Waals surface area contributed by atoms with Gasteiger partial charge < -0.3 is 25.5 Å². The normalized spacial score (nSPS) is 34.4. The second-order valence-electron chi connectivity index (χ2n) is 9.15. The number of hydrogen-bond donors (Lipinski definition) is 5. The maximum atomic E-state index is 13.3. The number of rotatable bonds is 2. The van der Waals surface area contributed by atoms with Crippen LogP contribution in [0.15, 0.2) is 40.9 Å². The standard InChI is InChI=1S/C23H25NO8/c1-9(25)14-19(28)17(24(3)4)12-8-11-16(21(30)23(12,32)20(14)29)18(27)15-10(22(11,2)31)6-5-7-13(15)26/h5-7,11-12,17,26,28,30-32H,8H2,1-4H3/t11?,12?,17-,22+,23+/m0/s1. The van der Waals surface area contributed by atoms with Gasteiger partial charge in [0.2, 0.25) is 5.78 Å². The highest BCUT2D eigenvalue weighted by molar-refractivity contribution is 6.25. The summed E-state index contributed by atoms with van der Waals surface area (Å²) in [5, 5.41) is 55.2. The van der Waals surface area contributed by atoms with Crippen LogP contribution in [0, 0.1) is 11.8 Å². The number of hydrogen-bond acceptors (Lipinski definition) is 9. The molecule has 1 aromatic carbocycles. The largest absolute Gasteiger partial charge is 0.510 e. The van der Waals surface area contributed by atoms with E-state index in [1.165, 1.54) is 30.0 Å². The lowest BCUT2D eigenvalue weighted by atomic mass is 9.55. The lowest BCUT2D eigenvalue weighted by Crippen LogP contribution is -2.64. The van der Waals surface area contributed by atoms with Crippen LogP contribution in [0.1, 0.15) is 36.2 Å². The molecule has 9 nitrogen and oxygen atoms in total. The first kappa shape index (κ1) is 22.2. The highest BCUT2D eigenvalue weighted by Gasteiger charge is 2.65. The SMILES string of the molecule is CC(=O)C1=C(O)[C@@H](N(C)C)C2CC3C(=C(O)[C@]2(O)C1=O)C(=O)c1c(O)cccc1[C@@]3(C)O. The average Bonchev–Trinajstić information content (AvgIpc) is 2.68. The monoisotopic (exact) mass is 443 g/mol. The number of aliphatic hydroxyl groups is 4. The zero-order chi connectivity index (χ0) is 23.9. The third kappa shape index (κ3) is 2.52. The molecule has 0 fully saturated rings. The van der Waals surface area contributed by atoms with E-state index in [1.54, 1.807) is 14.1 Å². The molecule has 9 heteroatoms. The van der Waals surface area contributed by atoms with Gasteiger partial charge in [-0.2, -0.15) is 0 Å². The molecule has 4 rings (SSSR count). The quantitative estimate of drug-likeness (QED) is 0.419. The van der Waals surface area contributed by atoms with Crippen molar-refractivity contribution in [3.8, 4) is 5.75 Å². The maximum absolute atomic E-state index is 13.3. The molecule has 0 bridgehead atoms. The number of Topliss-reactive ketones (excluding diaryl/α,β-unsaturated/α-hetero) is 3. The Morgan fingerprint density at radius 1 is 1.12 bits per heavy atom. The number of likely N-dealkylation sites (N-methyl/N-ethyl adjacent to an activating group) is 1. The van der Waals surface area contributed by atoms with Crippen molar-refractivity contribution in [2.24, 2.45) is 11.8 Å². The smallest absolute Gasteiger partial charge is 0.209 e. The number of fused-ring (bicyclic) bond motifs is 3. The minimum absolute atomic E-state index is 0.155. The van der Waals surface area contributed by atoms with Crippen LogP contribution in [0.4, 0.5) is 0 Å². The average molecular weight is 443 g/mol. The topological polar surface area (TPSA) is 156 Å². The fraction of sp³-hybridized carbons (Fsp3) is 0.435. The zero-order valence-corrected chi connectivity index (χ0v) is 18.1. The van der Waals surface area contributed by atoms with Crippen LogP contribution in [0.2, 0.25) is 0 Å². The van der Waals surface area contributed by atoms with Gasteiger partial charge in [0.25, 0.3) is 0 Å². The lowest BCUT2D eigenvalue weighted by molar-refractivity contribution is -0.151. The first-order chi connectivity index (χ1) is 14.8. The molecular weight excluding hydrogens is 418 g/mol. The van der Waals surface area contributed by atoms with Gasteiger partial charge in [0.05, 0.1) is 17.2 Å². The van der Waals surface area contributed by atoms with Crippen molar-refractivity contribution >= 4 is 17.3 Å². The Balaban J connectivity index is 2.05. The van der Waals surface area contributed by atoms with Crippen LogP contribution in [-0.2, 0) is 15.2 Å². The minimum Gasteiger partial charge on any atom is -0.510 e. The number of ketones is 3. The number of carbonyl (C=O) groups excluding carboxylic acids is 3. The van der Waals surface area contributed by atoms with Crippen molar-refractivity contribution < 1.29 is 39.9 Å². The Labute approximate surface area is 183 Å². The molecular formula is C23H25NO8. The van der Waals surface area contributed by atoms with Gasteiger partial charge in [-0.1, -0.05) is 12.1 Å². The summed E-state index contributed by atoms with van der Waals surface area (Å²) in [4.78, 5) is 40.2. The Morgan fingerprint density at radius 3 is 2.31 bits per heavy atom. The van der Waals surface area contributed by atoms with Gasteiger partial charge in [0.15, 0.2) is 17.2 Å². The summed E-state index contributed by atoms with van der Waals surface area (Å²) >= 11 is 0. The van der Waals surface area contributed by atoms with E-state index in [9.17, 15) is 39.9 Å². The van der Waals surface area contributed by atoms with Crippen LogP contribution >= 0.6 is 0 Å². The van der Waals surface area contributed by atoms with Gasteiger partial charge in [0.1, 0.15) is 22.8 Å². The molecule has 0 amide bonds. The summed E-state index contributed by atoms with van der Waals surface area (Å²) in [6.45, 7) is 2.48. The summed E-state index contributed by atoms with van der Waals surface area (Å²) in [5.41, 5.74) is -5.52. The fourth-order valence-corrected chi connectivity index (χ4v) is 5.61. The Morgan fingerprint density at radius 2 is 1.75 bits per heavy atom. The molecule has 0 heterocycles. The van der Waals surface area contributed by atoms with E-state index in [0.29, 0.717) is 0 Å². The summed E-state index contributed by atoms with van der Waals surface area (Å²) in [5.74, 6) is -6.95. The first-order valence-corrected chi connectivity index (χ1v) is 10.2. The molecule has 32 heavy (non-hydrogen) atoms.